The van der Waals surface area contributed by atoms with Crippen LogP contribution in [0.2, 0.25) is 0 Å². The number of ether oxygens (including phenoxy) is 1. The van der Waals surface area contributed by atoms with Crippen LogP contribution in [0.1, 0.15) is 20.7 Å². The van der Waals surface area contributed by atoms with Crippen molar-refractivity contribution in [3.63, 3.8) is 0 Å². The Balaban J connectivity index is 1.73. The molecule has 1 heterocycles. The number of benzene rings is 2. The number of hydrogen-bond donors (Lipinski definition) is 2. The van der Waals surface area contributed by atoms with Crippen molar-refractivity contribution < 1.29 is 23.1 Å². The molecule has 1 aromatic heterocycles. The zero-order chi connectivity index (χ0) is 20.1. The van der Waals surface area contributed by atoms with Gasteiger partial charge in [-0.05, 0) is 24.3 Å². The first kappa shape index (κ1) is 18.9. The van der Waals surface area contributed by atoms with Crippen LogP contribution >= 0.6 is 0 Å². The average molecular weight is 384 g/mol. The highest BCUT2D eigenvalue weighted by Gasteiger charge is 2.14. The number of methoxy groups -OCH3 is 1. The van der Waals surface area contributed by atoms with E-state index in [0.29, 0.717) is 17.3 Å². The number of carbonyl (C=O) groups is 2. The van der Waals surface area contributed by atoms with E-state index in [-0.39, 0.29) is 17.2 Å². The summed E-state index contributed by atoms with van der Waals surface area (Å²) in [5.74, 6) is -2.69. The molecule has 1 amide bonds. The molecule has 2 N–H and O–H groups in total. The third-order valence-corrected chi connectivity index (χ3v) is 3.67. The smallest absolute Gasteiger partial charge is 0.339 e. The van der Waals surface area contributed by atoms with Gasteiger partial charge in [-0.2, -0.15) is 0 Å². The van der Waals surface area contributed by atoms with Crippen molar-refractivity contribution in [1.82, 2.24) is 9.97 Å². The van der Waals surface area contributed by atoms with E-state index in [1.165, 1.54) is 19.5 Å². The normalized spacial score (nSPS) is 10.2. The van der Waals surface area contributed by atoms with Gasteiger partial charge in [0.15, 0.2) is 0 Å². The lowest BCUT2D eigenvalue weighted by Crippen LogP contribution is -2.14. The predicted octanol–water partition coefficient (Wildman–Crippen LogP) is 3.54. The van der Waals surface area contributed by atoms with Crippen LogP contribution in [0.3, 0.4) is 0 Å². The molecule has 9 heteroatoms. The molecule has 0 fully saturated rings. The summed E-state index contributed by atoms with van der Waals surface area (Å²) in [6.45, 7) is 0. The lowest BCUT2D eigenvalue weighted by Gasteiger charge is -2.10. The average Bonchev–Trinajstić information content (AvgIpc) is 2.70. The van der Waals surface area contributed by atoms with Crippen LogP contribution in [-0.4, -0.2) is 29.0 Å². The quantitative estimate of drug-likeness (QED) is 0.654. The van der Waals surface area contributed by atoms with Gasteiger partial charge in [-0.25, -0.2) is 23.5 Å². The van der Waals surface area contributed by atoms with Crippen LogP contribution in [0, 0.1) is 11.6 Å². The molecule has 2 aromatic carbocycles. The van der Waals surface area contributed by atoms with Gasteiger partial charge in [-0.1, -0.05) is 12.1 Å². The molecule has 28 heavy (non-hydrogen) atoms. The van der Waals surface area contributed by atoms with E-state index in [1.54, 1.807) is 24.3 Å². The number of halogens is 2. The second-order valence-corrected chi connectivity index (χ2v) is 5.54. The molecule has 0 aliphatic rings. The Morgan fingerprint density at radius 2 is 1.71 bits per heavy atom. The van der Waals surface area contributed by atoms with Crippen molar-refractivity contribution in [3.8, 4) is 0 Å². The number of aromatic nitrogens is 2. The molecule has 3 rings (SSSR count). The molecule has 0 saturated carbocycles. The van der Waals surface area contributed by atoms with E-state index >= 15 is 0 Å². The second kappa shape index (κ2) is 8.21. The Hall–Kier alpha value is -3.88. The van der Waals surface area contributed by atoms with Gasteiger partial charge in [0, 0.05) is 18.5 Å². The van der Waals surface area contributed by atoms with Gasteiger partial charge < -0.3 is 15.4 Å². The van der Waals surface area contributed by atoms with Gasteiger partial charge in [0.2, 0.25) is 5.95 Å². The number of anilines is 3. The summed E-state index contributed by atoms with van der Waals surface area (Å²) < 4.78 is 31.3. The van der Waals surface area contributed by atoms with Crippen LogP contribution in [0.5, 0.6) is 0 Å². The van der Waals surface area contributed by atoms with Gasteiger partial charge in [-0.3, -0.25) is 4.79 Å². The first-order valence-electron chi connectivity index (χ1n) is 8.00. The molecule has 0 unspecified atom stereocenters. The second-order valence-electron chi connectivity index (χ2n) is 5.54. The highest BCUT2D eigenvalue weighted by molar-refractivity contribution is 6.04. The van der Waals surface area contributed by atoms with Gasteiger partial charge in [-0.15, -0.1) is 0 Å². The van der Waals surface area contributed by atoms with Crippen molar-refractivity contribution in [1.29, 1.82) is 0 Å². The molecule has 7 nitrogen and oxygen atoms in total. The number of carbonyl (C=O) groups excluding carboxylic acids is 2. The van der Waals surface area contributed by atoms with E-state index in [2.05, 4.69) is 20.6 Å². The Labute approximate surface area is 158 Å². The van der Waals surface area contributed by atoms with Crippen LogP contribution in [0.15, 0.2) is 54.9 Å². The Morgan fingerprint density at radius 1 is 1.00 bits per heavy atom. The van der Waals surface area contributed by atoms with E-state index in [9.17, 15) is 18.4 Å². The summed E-state index contributed by atoms with van der Waals surface area (Å²) >= 11 is 0. The molecule has 0 spiro atoms. The van der Waals surface area contributed by atoms with Gasteiger partial charge >= 0.3 is 5.97 Å². The number of rotatable bonds is 5. The standard InChI is InChI=1S/C19H14F2N4O3/c1-28-18(27)13-4-2-3-5-15(13)25-19-22-9-11(10-23-19)17(26)24-16-7-6-12(20)8-14(16)21/h2-10H,1H3,(H,24,26)(H,22,23,25). The summed E-state index contributed by atoms with van der Waals surface area (Å²) in [6, 6.07) is 9.43. The summed E-state index contributed by atoms with van der Waals surface area (Å²) in [5.41, 5.74) is 0.623. The zero-order valence-corrected chi connectivity index (χ0v) is 14.6. The first-order chi connectivity index (χ1) is 13.5. The summed E-state index contributed by atoms with van der Waals surface area (Å²) in [4.78, 5) is 32.0. The molecule has 142 valence electrons. The number of esters is 1. The van der Waals surface area contributed by atoms with Crippen LogP contribution in [0.25, 0.3) is 0 Å². The van der Waals surface area contributed by atoms with Crippen molar-refractivity contribution in [3.05, 3.63) is 77.6 Å². The topological polar surface area (TPSA) is 93.2 Å². The fourth-order valence-corrected chi connectivity index (χ4v) is 2.30. The van der Waals surface area contributed by atoms with E-state index in [4.69, 9.17) is 4.74 Å². The minimum atomic E-state index is -0.896. The monoisotopic (exact) mass is 384 g/mol. The molecule has 0 atom stereocenters. The molecule has 0 aliphatic heterocycles. The number of hydrogen-bond acceptors (Lipinski definition) is 6. The minimum absolute atomic E-state index is 0.0653. The fourth-order valence-electron chi connectivity index (χ4n) is 2.30. The van der Waals surface area contributed by atoms with Crippen LogP contribution in [-0.2, 0) is 4.74 Å². The highest BCUT2D eigenvalue weighted by Crippen LogP contribution is 2.20. The Bertz CT molecular complexity index is 1030. The third-order valence-electron chi connectivity index (χ3n) is 3.67. The zero-order valence-electron chi connectivity index (χ0n) is 14.6. The van der Waals surface area contributed by atoms with Gasteiger partial charge in [0.1, 0.15) is 11.6 Å². The number of amides is 1. The molecule has 0 radical (unpaired) electrons. The maximum Gasteiger partial charge on any atom is 0.339 e. The fraction of sp³-hybridized carbons (Fsp3) is 0.0526. The van der Waals surface area contributed by atoms with Crippen LogP contribution in [0.4, 0.5) is 26.1 Å². The SMILES string of the molecule is COC(=O)c1ccccc1Nc1ncc(C(=O)Nc2ccc(F)cc2F)cn1. The Kier molecular flexibility index (Phi) is 5.54. The molecule has 0 bridgehead atoms. The summed E-state index contributed by atoms with van der Waals surface area (Å²) in [5, 5.41) is 5.17. The molecule has 3 aromatic rings. The van der Waals surface area contributed by atoms with Gasteiger partial charge in [0.05, 0.1) is 29.6 Å². The van der Waals surface area contributed by atoms with Gasteiger partial charge in [0.25, 0.3) is 5.91 Å². The minimum Gasteiger partial charge on any atom is -0.465 e. The Morgan fingerprint density at radius 3 is 2.39 bits per heavy atom. The molecule has 0 aliphatic carbocycles. The lowest BCUT2D eigenvalue weighted by atomic mass is 10.2. The van der Waals surface area contributed by atoms with Crippen molar-refractivity contribution in [2.75, 3.05) is 17.7 Å². The van der Waals surface area contributed by atoms with Crippen molar-refractivity contribution >= 4 is 29.2 Å². The van der Waals surface area contributed by atoms with Crippen LogP contribution < -0.4 is 10.6 Å². The van der Waals surface area contributed by atoms with E-state index in [0.717, 1.165) is 12.1 Å². The van der Waals surface area contributed by atoms with E-state index in [1.807, 2.05) is 0 Å². The largest absolute Gasteiger partial charge is 0.465 e. The maximum atomic E-state index is 13.6. The summed E-state index contributed by atoms with van der Waals surface area (Å²) in [6.07, 6.45) is 2.46. The number of para-hydroxylation sites is 1. The molecular formula is C19H14F2N4O3. The number of nitrogens with one attached hydrogen (secondary N) is 2. The van der Waals surface area contributed by atoms with E-state index < -0.39 is 23.5 Å². The van der Waals surface area contributed by atoms with Crippen molar-refractivity contribution in [2.24, 2.45) is 0 Å². The highest BCUT2D eigenvalue weighted by atomic mass is 19.1. The number of nitrogens with zero attached hydrogens (tertiary/aromatic N) is 2. The lowest BCUT2D eigenvalue weighted by molar-refractivity contribution is 0.0601. The van der Waals surface area contributed by atoms with Crippen molar-refractivity contribution in [2.45, 2.75) is 0 Å². The third kappa shape index (κ3) is 4.26. The first-order valence-corrected chi connectivity index (χ1v) is 8.00. The predicted molar refractivity (Wildman–Crippen MR) is 97.4 cm³/mol. The maximum absolute atomic E-state index is 13.6. The molecular weight excluding hydrogens is 370 g/mol. The molecule has 0 saturated heterocycles. The summed E-state index contributed by atoms with van der Waals surface area (Å²) in [7, 11) is 1.27.